The van der Waals surface area contributed by atoms with Gasteiger partial charge in [-0.05, 0) is 48.1 Å². The first-order chi connectivity index (χ1) is 9.33. The predicted octanol–water partition coefficient (Wildman–Crippen LogP) is 4.84. The van der Waals surface area contributed by atoms with E-state index < -0.39 is 0 Å². The van der Waals surface area contributed by atoms with Crippen LogP contribution in [0.25, 0.3) is 0 Å². The highest BCUT2D eigenvalue weighted by atomic mass is 35.5. The van der Waals surface area contributed by atoms with Crippen molar-refractivity contribution >= 4 is 17.8 Å². The lowest BCUT2D eigenvalue weighted by molar-refractivity contribution is 0.574. The summed E-state index contributed by atoms with van der Waals surface area (Å²) in [6, 6.07) is 16.8. The first-order valence-electron chi connectivity index (χ1n) is 6.69. The molecule has 3 rings (SSSR count). The van der Waals surface area contributed by atoms with Gasteiger partial charge >= 0.3 is 0 Å². The van der Waals surface area contributed by atoms with Crippen molar-refractivity contribution in [3.8, 4) is 0 Å². The van der Waals surface area contributed by atoms with Crippen LogP contribution >= 0.6 is 11.6 Å². The molecule has 19 heavy (non-hydrogen) atoms. The van der Waals surface area contributed by atoms with Crippen LogP contribution in [0.5, 0.6) is 0 Å². The Labute approximate surface area is 119 Å². The Morgan fingerprint density at radius 3 is 2.68 bits per heavy atom. The minimum Gasteiger partial charge on any atom is -0.284 e. The molecule has 2 aromatic rings. The second-order valence-corrected chi connectivity index (χ2v) is 5.37. The molecule has 2 heteroatoms. The highest BCUT2D eigenvalue weighted by molar-refractivity contribution is 6.30. The van der Waals surface area contributed by atoms with Gasteiger partial charge in [0.1, 0.15) is 0 Å². The number of hydrogen-bond donors (Lipinski definition) is 0. The van der Waals surface area contributed by atoms with E-state index in [9.17, 15) is 0 Å². The molecule has 0 heterocycles. The van der Waals surface area contributed by atoms with Gasteiger partial charge in [0.2, 0.25) is 0 Å². The van der Waals surface area contributed by atoms with E-state index in [4.69, 9.17) is 16.6 Å². The van der Waals surface area contributed by atoms with Gasteiger partial charge < -0.3 is 0 Å². The Bertz CT molecular complexity index is 586. The van der Waals surface area contributed by atoms with Crippen LogP contribution in [0.1, 0.15) is 35.6 Å². The molecule has 0 bridgehead atoms. The Kier molecular flexibility index (Phi) is 3.65. The highest BCUT2D eigenvalue weighted by Crippen LogP contribution is 2.32. The molecular weight excluding hydrogens is 254 g/mol. The molecule has 0 N–H and O–H groups in total. The van der Waals surface area contributed by atoms with Gasteiger partial charge in [-0.2, -0.15) is 0 Å². The molecule has 0 radical (unpaired) electrons. The normalized spacial score (nSPS) is 18.5. The van der Waals surface area contributed by atoms with Crippen molar-refractivity contribution < 1.29 is 0 Å². The maximum Gasteiger partial charge on any atom is 0.0752 e. The Morgan fingerprint density at radius 1 is 1.05 bits per heavy atom. The van der Waals surface area contributed by atoms with Crippen molar-refractivity contribution in [2.75, 3.05) is 0 Å². The lowest BCUT2D eigenvalue weighted by atomic mass is 9.88. The average molecular weight is 270 g/mol. The topological polar surface area (TPSA) is 12.4 Å². The third kappa shape index (κ3) is 2.87. The fourth-order valence-electron chi connectivity index (χ4n) is 2.61. The molecule has 0 aromatic heterocycles. The molecule has 0 fully saturated rings. The molecule has 1 unspecified atom stereocenters. The molecule has 96 valence electrons. The Hall–Kier alpha value is -1.60. The fraction of sp³-hybridized carbons (Fsp3) is 0.235. The molecule has 0 amide bonds. The summed E-state index contributed by atoms with van der Waals surface area (Å²) in [5.74, 6) is 0. The van der Waals surface area contributed by atoms with E-state index in [2.05, 4.69) is 24.3 Å². The van der Waals surface area contributed by atoms with Crippen LogP contribution < -0.4 is 0 Å². The zero-order chi connectivity index (χ0) is 13.1. The zero-order valence-electron chi connectivity index (χ0n) is 10.7. The number of hydrogen-bond acceptors (Lipinski definition) is 1. The molecule has 1 atom stereocenters. The van der Waals surface area contributed by atoms with E-state index in [-0.39, 0.29) is 0 Å². The van der Waals surface area contributed by atoms with E-state index in [0.29, 0.717) is 6.04 Å². The van der Waals surface area contributed by atoms with Gasteiger partial charge in [0, 0.05) is 11.2 Å². The predicted molar refractivity (Wildman–Crippen MR) is 81.2 cm³/mol. The van der Waals surface area contributed by atoms with Crippen molar-refractivity contribution in [1.82, 2.24) is 0 Å². The standard InChI is InChI=1S/C17H16ClN/c18-15-10-8-13(9-11-15)12-19-17-7-3-5-14-4-1-2-6-16(14)17/h1-2,4,6,8-12,17H,3,5,7H2. The largest absolute Gasteiger partial charge is 0.284 e. The molecule has 1 aliphatic rings. The molecule has 0 saturated heterocycles. The summed E-state index contributed by atoms with van der Waals surface area (Å²) in [6.45, 7) is 0. The summed E-state index contributed by atoms with van der Waals surface area (Å²) in [4.78, 5) is 4.76. The lowest BCUT2D eigenvalue weighted by Crippen LogP contribution is -2.07. The van der Waals surface area contributed by atoms with Gasteiger partial charge in [0.25, 0.3) is 0 Å². The van der Waals surface area contributed by atoms with Crippen LogP contribution in [0.4, 0.5) is 0 Å². The molecular formula is C17H16ClN. The molecule has 0 aliphatic heterocycles. The van der Waals surface area contributed by atoms with E-state index in [1.165, 1.54) is 24.0 Å². The van der Waals surface area contributed by atoms with Gasteiger partial charge in [-0.25, -0.2) is 0 Å². The van der Waals surface area contributed by atoms with Gasteiger partial charge in [-0.3, -0.25) is 4.99 Å². The quantitative estimate of drug-likeness (QED) is 0.692. The van der Waals surface area contributed by atoms with E-state index in [0.717, 1.165) is 17.0 Å². The molecule has 0 saturated carbocycles. The second kappa shape index (κ2) is 5.58. The summed E-state index contributed by atoms with van der Waals surface area (Å²) in [6.07, 6.45) is 5.51. The summed E-state index contributed by atoms with van der Waals surface area (Å²) >= 11 is 5.88. The van der Waals surface area contributed by atoms with Crippen molar-refractivity contribution in [3.63, 3.8) is 0 Å². The second-order valence-electron chi connectivity index (χ2n) is 4.94. The molecule has 0 spiro atoms. The maximum atomic E-state index is 5.88. The zero-order valence-corrected chi connectivity index (χ0v) is 11.5. The smallest absolute Gasteiger partial charge is 0.0752 e. The van der Waals surface area contributed by atoms with Gasteiger partial charge in [-0.1, -0.05) is 48.0 Å². The summed E-state index contributed by atoms with van der Waals surface area (Å²) in [5, 5.41) is 0.764. The van der Waals surface area contributed by atoms with E-state index in [1.807, 2.05) is 30.5 Å². The fourth-order valence-corrected chi connectivity index (χ4v) is 2.73. The first-order valence-corrected chi connectivity index (χ1v) is 7.07. The third-order valence-electron chi connectivity index (χ3n) is 3.61. The SMILES string of the molecule is Clc1ccc(C=NC2CCCc3ccccc32)cc1. The monoisotopic (exact) mass is 269 g/mol. The lowest BCUT2D eigenvalue weighted by Gasteiger charge is -2.22. The van der Waals surface area contributed by atoms with Crippen LogP contribution in [0.3, 0.4) is 0 Å². The molecule has 2 aromatic carbocycles. The third-order valence-corrected chi connectivity index (χ3v) is 3.86. The number of rotatable bonds is 2. The average Bonchev–Trinajstić information content (AvgIpc) is 2.47. The van der Waals surface area contributed by atoms with Gasteiger partial charge in [-0.15, -0.1) is 0 Å². The number of halogens is 1. The van der Waals surface area contributed by atoms with Crippen LogP contribution in [-0.4, -0.2) is 6.21 Å². The number of aliphatic imine (C=N–C) groups is 1. The van der Waals surface area contributed by atoms with E-state index >= 15 is 0 Å². The Morgan fingerprint density at radius 2 is 1.84 bits per heavy atom. The summed E-state index contributed by atoms with van der Waals surface area (Å²) in [5.41, 5.74) is 3.94. The number of benzene rings is 2. The molecule has 1 nitrogen and oxygen atoms in total. The minimum absolute atomic E-state index is 0.306. The van der Waals surface area contributed by atoms with Crippen molar-refractivity contribution in [2.24, 2.45) is 4.99 Å². The van der Waals surface area contributed by atoms with Crippen LogP contribution in [-0.2, 0) is 6.42 Å². The van der Waals surface area contributed by atoms with Crippen LogP contribution in [0.2, 0.25) is 5.02 Å². The highest BCUT2D eigenvalue weighted by Gasteiger charge is 2.17. The number of nitrogens with zero attached hydrogens (tertiary/aromatic N) is 1. The minimum atomic E-state index is 0.306. The van der Waals surface area contributed by atoms with Crippen LogP contribution in [0.15, 0.2) is 53.5 Å². The van der Waals surface area contributed by atoms with Crippen molar-refractivity contribution in [1.29, 1.82) is 0 Å². The molecule has 1 aliphatic carbocycles. The number of aryl methyl sites for hydroxylation is 1. The van der Waals surface area contributed by atoms with Gasteiger partial charge in [0.05, 0.1) is 6.04 Å². The van der Waals surface area contributed by atoms with Crippen molar-refractivity contribution in [3.05, 3.63) is 70.2 Å². The first kappa shape index (κ1) is 12.4. The Balaban J connectivity index is 1.82. The number of fused-ring (bicyclic) bond motifs is 1. The van der Waals surface area contributed by atoms with E-state index in [1.54, 1.807) is 0 Å². The summed E-state index contributed by atoms with van der Waals surface area (Å²) < 4.78 is 0. The van der Waals surface area contributed by atoms with Gasteiger partial charge in [0.15, 0.2) is 0 Å². The van der Waals surface area contributed by atoms with Crippen molar-refractivity contribution in [2.45, 2.75) is 25.3 Å². The summed E-state index contributed by atoms with van der Waals surface area (Å²) in [7, 11) is 0. The van der Waals surface area contributed by atoms with Crippen LogP contribution in [0, 0.1) is 0 Å². The maximum absolute atomic E-state index is 5.88.